The van der Waals surface area contributed by atoms with E-state index in [4.69, 9.17) is 4.74 Å². The van der Waals surface area contributed by atoms with Crippen molar-refractivity contribution in [3.8, 4) is 5.75 Å². The predicted molar refractivity (Wildman–Crippen MR) is 125 cm³/mol. The molecule has 0 aromatic heterocycles. The highest BCUT2D eigenvalue weighted by Gasteiger charge is 2.41. The maximum atomic E-state index is 13.7. The zero-order valence-electron chi connectivity index (χ0n) is 19.1. The number of likely N-dealkylation sites (tertiary alicyclic amines) is 1. The SMILES string of the molecule is COc1ccc(S(=O)(=O)N2C[C@@H](C(=O)NC3CCN(C)CC3)c3ccccc32)c(C)c1C. The van der Waals surface area contributed by atoms with Crippen LogP contribution in [-0.4, -0.2) is 59.1 Å². The number of para-hydroxylation sites is 1. The molecule has 32 heavy (non-hydrogen) atoms. The Morgan fingerprint density at radius 3 is 2.44 bits per heavy atom. The molecule has 0 saturated carbocycles. The molecule has 8 heteroatoms. The molecule has 0 radical (unpaired) electrons. The Labute approximate surface area is 190 Å². The molecule has 1 N–H and O–H groups in total. The van der Waals surface area contributed by atoms with Crippen LogP contribution in [0.5, 0.6) is 5.75 Å². The molecule has 4 rings (SSSR count). The number of methoxy groups -OCH3 is 1. The van der Waals surface area contributed by atoms with Gasteiger partial charge in [-0.05, 0) is 81.7 Å². The van der Waals surface area contributed by atoms with Crippen molar-refractivity contribution in [2.24, 2.45) is 0 Å². The van der Waals surface area contributed by atoms with Gasteiger partial charge in [0.1, 0.15) is 5.75 Å². The fourth-order valence-electron chi connectivity index (χ4n) is 4.67. The van der Waals surface area contributed by atoms with E-state index in [1.54, 1.807) is 32.2 Å². The molecule has 7 nitrogen and oxygen atoms in total. The highest BCUT2D eigenvalue weighted by Crippen LogP contribution is 2.41. The summed E-state index contributed by atoms with van der Waals surface area (Å²) in [6.45, 7) is 5.64. The standard InChI is InChI=1S/C24H31N3O4S/c1-16-17(2)23(10-9-22(16)31-4)32(29,30)27-15-20(19-7-5-6-8-21(19)27)24(28)25-18-11-13-26(3)14-12-18/h5-10,18,20H,11-15H2,1-4H3,(H,25,28)/t20-/m1/s1. The molecule has 2 aromatic carbocycles. The number of carbonyl (C=O) groups excluding carboxylic acids is 1. The topological polar surface area (TPSA) is 79.0 Å². The number of nitrogens with zero attached hydrogens (tertiary/aromatic N) is 2. The molecule has 1 amide bonds. The van der Waals surface area contributed by atoms with Gasteiger partial charge in [-0.15, -0.1) is 0 Å². The Morgan fingerprint density at radius 1 is 1.06 bits per heavy atom. The van der Waals surface area contributed by atoms with Gasteiger partial charge in [-0.3, -0.25) is 9.10 Å². The van der Waals surface area contributed by atoms with E-state index in [0.717, 1.165) is 37.1 Å². The lowest BCUT2D eigenvalue weighted by Gasteiger charge is -2.30. The molecule has 172 valence electrons. The van der Waals surface area contributed by atoms with Crippen LogP contribution in [0, 0.1) is 13.8 Å². The van der Waals surface area contributed by atoms with Crippen LogP contribution in [-0.2, 0) is 14.8 Å². The van der Waals surface area contributed by atoms with E-state index in [1.165, 1.54) is 4.31 Å². The predicted octanol–water partition coefficient (Wildman–Crippen LogP) is 2.81. The molecular weight excluding hydrogens is 426 g/mol. The summed E-state index contributed by atoms with van der Waals surface area (Å²) in [7, 11) is -0.196. The summed E-state index contributed by atoms with van der Waals surface area (Å²) in [4.78, 5) is 15.7. The van der Waals surface area contributed by atoms with Gasteiger partial charge in [0.25, 0.3) is 10.0 Å². The molecule has 2 aliphatic heterocycles. The van der Waals surface area contributed by atoms with Gasteiger partial charge in [-0.2, -0.15) is 0 Å². The number of hydrogen-bond acceptors (Lipinski definition) is 5. The molecule has 0 bridgehead atoms. The number of sulfonamides is 1. The first-order valence-corrected chi connectivity index (χ1v) is 12.4. The number of piperidine rings is 1. The average molecular weight is 458 g/mol. The number of benzene rings is 2. The van der Waals surface area contributed by atoms with Gasteiger partial charge >= 0.3 is 0 Å². The molecule has 0 spiro atoms. The van der Waals surface area contributed by atoms with Gasteiger partial charge in [0.2, 0.25) is 5.91 Å². The number of ether oxygens (including phenoxy) is 1. The first-order valence-electron chi connectivity index (χ1n) is 11.0. The van der Waals surface area contributed by atoms with E-state index in [0.29, 0.717) is 17.0 Å². The van der Waals surface area contributed by atoms with Crippen LogP contribution in [0.2, 0.25) is 0 Å². The second-order valence-electron chi connectivity index (χ2n) is 8.75. The number of anilines is 1. The first-order chi connectivity index (χ1) is 15.2. The Kier molecular flexibility index (Phi) is 6.18. The van der Waals surface area contributed by atoms with Crippen LogP contribution >= 0.6 is 0 Å². The zero-order valence-corrected chi connectivity index (χ0v) is 19.9. The second-order valence-corrected chi connectivity index (χ2v) is 10.6. The molecule has 1 fully saturated rings. The summed E-state index contributed by atoms with van der Waals surface area (Å²) < 4.78 is 34.1. The highest BCUT2D eigenvalue weighted by atomic mass is 32.2. The van der Waals surface area contributed by atoms with Crippen LogP contribution in [0.3, 0.4) is 0 Å². The summed E-state index contributed by atoms with van der Waals surface area (Å²) >= 11 is 0. The number of nitrogens with one attached hydrogen (secondary N) is 1. The van der Waals surface area contributed by atoms with E-state index in [2.05, 4.69) is 17.3 Å². The van der Waals surface area contributed by atoms with Crippen molar-refractivity contribution in [3.63, 3.8) is 0 Å². The quantitative estimate of drug-likeness (QED) is 0.747. The van der Waals surface area contributed by atoms with Crippen molar-refractivity contribution in [2.75, 3.05) is 38.1 Å². The molecular formula is C24H31N3O4S. The summed E-state index contributed by atoms with van der Waals surface area (Å²) in [5, 5.41) is 3.17. The fourth-order valence-corrected chi connectivity index (χ4v) is 6.46. The average Bonchev–Trinajstić information content (AvgIpc) is 3.18. The summed E-state index contributed by atoms with van der Waals surface area (Å²) in [6.07, 6.45) is 1.81. The monoisotopic (exact) mass is 457 g/mol. The van der Waals surface area contributed by atoms with Crippen molar-refractivity contribution in [1.29, 1.82) is 0 Å². The summed E-state index contributed by atoms with van der Waals surface area (Å²) in [6, 6.07) is 10.7. The highest BCUT2D eigenvalue weighted by molar-refractivity contribution is 7.93. The van der Waals surface area contributed by atoms with E-state index in [-0.39, 0.29) is 23.4 Å². The Bertz CT molecular complexity index is 1120. The Balaban J connectivity index is 1.64. The van der Waals surface area contributed by atoms with E-state index >= 15 is 0 Å². The Hall–Kier alpha value is -2.58. The van der Waals surface area contributed by atoms with Gasteiger partial charge in [-0.1, -0.05) is 18.2 Å². The fraction of sp³-hybridized carbons (Fsp3) is 0.458. The normalized spacial score (nSPS) is 19.6. The smallest absolute Gasteiger partial charge is 0.264 e. The minimum atomic E-state index is -3.85. The summed E-state index contributed by atoms with van der Waals surface area (Å²) in [5.74, 6) is 0.0197. The minimum Gasteiger partial charge on any atom is -0.496 e. The molecule has 2 aliphatic rings. The molecule has 1 saturated heterocycles. The third-order valence-corrected chi connectivity index (χ3v) is 8.71. The number of carbonyl (C=O) groups is 1. The largest absolute Gasteiger partial charge is 0.496 e. The maximum absolute atomic E-state index is 13.7. The van der Waals surface area contributed by atoms with Gasteiger partial charge < -0.3 is 15.0 Å². The van der Waals surface area contributed by atoms with Crippen LogP contribution in [0.25, 0.3) is 0 Å². The lowest BCUT2D eigenvalue weighted by Crippen LogP contribution is -2.45. The van der Waals surface area contributed by atoms with Crippen LogP contribution < -0.4 is 14.4 Å². The number of hydrogen-bond donors (Lipinski definition) is 1. The van der Waals surface area contributed by atoms with Crippen molar-refractivity contribution in [2.45, 2.75) is 43.5 Å². The zero-order chi connectivity index (χ0) is 23.0. The molecule has 2 aromatic rings. The van der Waals surface area contributed by atoms with E-state index in [1.807, 2.05) is 25.1 Å². The van der Waals surface area contributed by atoms with Gasteiger partial charge in [0.05, 0.1) is 30.2 Å². The second kappa shape index (κ2) is 8.75. The van der Waals surface area contributed by atoms with Crippen LogP contribution in [0.15, 0.2) is 41.3 Å². The molecule has 1 atom stereocenters. The van der Waals surface area contributed by atoms with Crippen molar-refractivity contribution in [1.82, 2.24) is 10.2 Å². The Morgan fingerprint density at radius 2 is 1.75 bits per heavy atom. The van der Waals surface area contributed by atoms with Crippen molar-refractivity contribution < 1.29 is 17.9 Å². The van der Waals surface area contributed by atoms with E-state index in [9.17, 15) is 13.2 Å². The van der Waals surface area contributed by atoms with Gasteiger partial charge in [0, 0.05) is 6.04 Å². The summed E-state index contributed by atoms with van der Waals surface area (Å²) in [5.41, 5.74) is 2.77. The first kappa shape index (κ1) is 22.6. The lowest BCUT2D eigenvalue weighted by atomic mass is 9.98. The van der Waals surface area contributed by atoms with Crippen LogP contribution in [0.4, 0.5) is 5.69 Å². The number of amides is 1. The van der Waals surface area contributed by atoms with E-state index < -0.39 is 15.9 Å². The number of rotatable bonds is 5. The van der Waals surface area contributed by atoms with Crippen molar-refractivity contribution >= 4 is 21.6 Å². The lowest BCUT2D eigenvalue weighted by molar-refractivity contribution is -0.123. The van der Waals surface area contributed by atoms with Gasteiger partial charge in [0.15, 0.2) is 0 Å². The molecule has 0 unspecified atom stereocenters. The maximum Gasteiger partial charge on any atom is 0.264 e. The van der Waals surface area contributed by atoms with Gasteiger partial charge in [-0.25, -0.2) is 8.42 Å². The number of fused-ring (bicyclic) bond motifs is 1. The minimum absolute atomic E-state index is 0.102. The third kappa shape index (κ3) is 3.97. The third-order valence-electron chi connectivity index (χ3n) is 6.79. The molecule has 2 heterocycles. The van der Waals surface area contributed by atoms with Crippen molar-refractivity contribution in [3.05, 3.63) is 53.1 Å². The molecule has 0 aliphatic carbocycles. The van der Waals surface area contributed by atoms with Crippen LogP contribution in [0.1, 0.15) is 35.4 Å².